The van der Waals surface area contributed by atoms with Crippen molar-refractivity contribution in [3.8, 4) is 0 Å². The molecule has 3 rings (SSSR count). The fourth-order valence-electron chi connectivity index (χ4n) is 3.13. The highest BCUT2D eigenvalue weighted by Crippen LogP contribution is 2.31. The van der Waals surface area contributed by atoms with Crippen molar-refractivity contribution in [2.45, 2.75) is 25.3 Å². The van der Waals surface area contributed by atoms with E-state index in [1.54, 1.807) is 29.2 Å². The molecule has 0 N–H and O–H groups in total. The van der Waals surface area contributed by atoms with Gasteiger partial charge < -0.3 is 9.64 Å². The van der Waals surface area contributed by atoms with Crippen LogP contribution in [0.3, 0.4) is 0 Å². The van der Waals surface area contributed by atoms with Crippen LogP contribution in [0.15, 0.2) is 24.3 Å². The molecule has 6 heteroatoms. The summed E-state index contributed by atoms with van der Waals surface area (Å²) in [5, 5.41) is 0. The van der Waals surface area contributed by atoms with Gasteiger partial charge in [0.1, 0.15) is 12.6 Å². The van der Waals surface area contributed by atoms with E-state index >= 15 is 0 Å². The molecule has 116 valence electrons. The zero-order valence-electron chi connectivity index (χ0n) is 12.4. The maximum Gasteiger partial charge on any atom is 0.325 e. The van der Waals surface area contributed by atoms with Gasteiger partial charge in [0.2, 0.25) is 5.91 Å². The number of carbonyl (C=O) groups excluding carboxylic acids is 3. The predicted octanol–water partition coefficient (Wildman–Crippen LogP) is 1.20. The van der Waals surface area contributed by atoms with Gasteiger partial charge in [-0.25, -0.2) is 0 Å². The summed E-state index contributed by atoms with van der Waals surface area (Å²) in [6.45, 7) is 0.402. The van der Waals surface area contributed by atoms with Crippen LogP contribution in [-0.2, 0) is 14.3 Å². The van der Waals surface area contributed by atoms with Gasteiger partial charge in [0.25, 0.3) is 5.91 Å². The Kier molecular flexibility index (Phi) is 3.83. The van der Waals surface area contributed by atoms with Gasteiger partial charge in [0, 0.05) is 6.54 Å². The first-order valence-corrected chi connectivity index (χ1v) is 7.41. The minimum atomic E-state index is -0.500. The summed E-state index contributed by atoms with van der Waals surface area (Å²) in [4.78, 5) is 40.3. The van der Waals surface area contributed by atoms with Crippen molar-refractivity contribution >= 4 is 23.5 Å². The average Bonchev–Trinajstić information content (AvgIpc) is 2.65. The molecule has 1 saturated heterocycles. The number of para-hydroxylation sites is 1. The molecule has 0 bridgehead atoms. The van der Waals surface area contributed by atoms with Crippen molar-refractivity contribution in [1.29, 1.82) is 0 Å². The number of esters is 1. The zero-order valence-corrected chi connectivity index (χ0v) is 12.4. The van der Waals surface area contributed by atoms with Gasteiger partial charge in [0.05, 0.1) is 18.4 Å². The molecule has 2 aliphatic heterocycles. The number of rotatable bonds is 2. The molecular formula is C16H18N2O4. The van der Waals surface area contributed by atoms with Crippen LogP contribution in [0.4, 0.5) is 5.69 Å². The summed E-state index contributed by atoms with van der Waals surface area (Å²) >= 11 is 0. The number of anilines is 1. The number of ether oxygens (including phenoxy) is 1. The first-order valence-electron chi connectivity index (χ1n) is 7.41. The van der Waals surface area contributed by atoms with Crippen LogP contribution in [0.5, 0.6) is 0 Å². The first kappa shape index (κ1) is 14.6. The minimum Gasteiger partial charge on any atom is -0.468 e. The lowest BCUT2D eigenvalue weighted by Gasteiger charge is -2.34. The van der Waals surface area contributed by atoms with Gasteiger partial charge >= 0.3 is 5.97 Å². The lowest BCUT2D eigenvalue weighted by atomic mass is 10.0. The molecular weight excluding hydrogens is 284 g/mol. The SMILES string of the molecule is COC(=O)CN1C(=O)[C@@H]2CCCCN2C(=O)c2ccccc21. The Labute approximate surface area is 128 Å². The summed E-state index contributed by atoms with van der Waals surface area (Å²) in [6.07, 6.45) is 2.44. The molecule has 0 spiro atoms. The monoisotopic (exact) mass is 302 g/mol. The largest absolute Gasteiger partial charge is 0.468 e. The molecule has 1 atom stereocenters. The van der Waals surface area contributed by atoms with Crippen LogP contribution in [0.25, 0.3) is 0 Å². The van der Waals surface area contributed by atoms with E-state index in [2.05, 4.69) is 4.74 Å². The van der Waals surface area contributed by atoms with Gasteiger partial charge in [-0.3, -0.25) is 19.3 Å². The molecule has 0 aliphatic carbocycles. The number of nitrogens with zero attached hydrogens (tertiary/aromatic N) is 2. The van der Waals surface area contributed by atoms with Crippen molar-refractivity contribution in [3.63, 3.8) is 0 Å². The van der Waals surface area contributed by atoms with E-state index < -0.39 is 12.0 Å². The smallest absolute Gasteiger partial charge is 0.325 e. The molecule has 0 unspecified atom stereocenters. The highest BCUT2D eigenvalue weighted by Gasteiger charge is 2.41. The number of carbonyl (C=O) groups is 3. The third-order valence-electron chi connectivity index (χ3n) is 4.25. The van der Waals surface area contributed by atoms with E-state index in [1.807, 2.05) is 0 Å². The van der Waals surface area contributed by atoms with Crippen molar-refractivity contribution in [1.82, 2.24) is 4.90 Å². The number of hydrogen-bond donors (Lipinski definition) is 0. The quantitative estimate of drug-likeness (QED) is 0.770. The molecule has 2 aliphatic rings. The number of amides is 2. The highest BCUT2D eigenvalue weighted by atomic mass is 16.5. The molecule has 1 aromatic carbocycles. The first-order chi connectivity index (χ1) is 10.6. The minimum absolute atomic E-state index is 0.138. The Morgan fingerprint density at radius 1 is 1.27 bits per heavy atom. The third-order valence-corrected chi connectivity index (χ3v) is 4.25. The molecule has 22 heavy (non-hydrogen) atoms. The lowest BCUT2D eigenvalue weighted by molar-refractivity contribution is -0.140. The number of benzene rings is 1. The Bertz CT molecular complexity index is 628. The topological polar surface area (TPSA) is 66.9 Å². The van der Waals surface area contributed by atoms with Crippen LogP contribution in [0.2, 0.25) is 0 Å². The van der Waals surface area contributed by atoms with Gasteiger partial charge in [-0.2, -0.15) is 0 Å². The molecule has 1 aromatic rings. The van der Waals surface area contributed by atoms with E-state index in [0.717, 1.165) is 12.8 Å². The molecule has 1 fully saturated rings. The van der Waals surface area contributed by atoms with E-state index in [4.69, 9.17) is 0 Å². The Morgan fingerprint density at radius 2 is 2.05 bits per heavy atom. The molecule has 6 nitrogen and oxygen atoms in total. The van der Waals surface area contributed by atoms with E-state index in [0.29, 0.717) is 24.2 Å². The fourth-order valence-corrected chi connectivity index (χ4v) is 3.13. The number of fused-ring (bicyclic) bond motifs is 2. The molecule has 2 heterocycles. The van der Waals surface area contributed by atoms with Crippen LogP contribution in [0, 0.1) is 0 Å². The van der Waals surface area contributed by atoms with Crippen molar-refractivity contribution in [2.24, 2.45) is 0 Å². The number of hydrogen-bond acceptors (Lipinski definition) is 4. The van der Waals surface area contributed by atoms with Gasteiger partial charge in [-0.05, 0) is 31.4 Å². The fraction of sp³-hybridized carbons (Fsp3) is 0.438. The van der Waals surface area contributed by atoms with Gasteiger partial charge in [-0.15, -0.1) is 0 Å². The van der Waals surface area contributed by atoms with Crippen LogP contribution >= 0.6 is 0 Å². The zero-order chi connectivity index (χ0) is 15.7. The number of methoxy groups -OCH3 is 1. The Hall–Kier alpha value is -2.37. The maximum absolute atomic E-state index is 12.9. The summed E-state index contributed by atoms with van der Waals surface area (Å²) in [7, 11) is 1.29. The highest BCUT2D eigenvalue weighted by molar-refractivity contribution is 6.12. The average molecular weight is 302 g/mol. The van der Waals surface area contributed by atoms with Crippen molar-refractivity contribution in [2.75, 3.05) is 25.1 Å². The second-order valence-electron chi connectivity index (χ2n) is 5.53. The van der Waals surface area contributed by atoms with E-state index in [9.17, 15) is 14.4 Å². The Balaban J connectivity index is 2.08. The van der Waals surface area contributed by atoms with Crippen molar-refractivity contribution in [3.05, 3.63) is 29.8 Å². The van der Waals surface area contributed by atoms with Crippen LogP contribution in [0.1, 0.15) is 29.6 Å². The molecule has 0 radical (unpaired) electrons. The third kappa shape index (κ3) is 2.34. The normalized spacial score (nSPS) is 21.0. The molecule has 0 saturated carbocycles. The molecule has 2 amide bonds. The second-order valence-corrected chi connectivity index (χ2v) is 5.53. The van der Waals surface area contributed by atoms with Crippen molar-refractivity contribution < 1.29 is 19.1 Å². The summed E-state index contributed by atoms with van der Waals surface area (Å²) < 4.78 is 4.69. The lowest BCUT2D eigenvalue weighted by Crippen LogP contribution is -2.51. The van der Waals surface area contributed by atoms with Crippen LogP contribution < -0.4 is 4.90 Å². The summed E-state index contributed by atoms with van der Waals surface area (Å²) in [5.74, 6) is -0.843. The maximum atomic E-state index is 12.9. The van der Waals surface area contributed by atoms with Gasteiger partial charge in [0.15, 0.2) is 0 Å². The molecule has 0 aromatic heterocycles. The van der Waals surface area contributed by atoms with E-state index in [1.165, 1.54) is 12.0 Å². The van der Waals surface area contributed by atoms with Crippen LogP contribution in [-0.4, -0.2) is 48.9 Å². The van der Waals surface area contributed by atoms with Gasteiger partial charge in [-0.1, -0.05) is 12.1 Å². The van der Waals surface area contributed by atoms with E-state index in [-0.39, 0.29) is 18.4 Å². The summed E-state index contributed by atoms with van der Waals surface area (Å²) in [6, 6.07) is 6.44. The Morgan fingerprint density at radius 3 is 2.82 bits per heavy atom. The summed E-state index contributed by atoms with van der Waals surface area (Å²) in [5.41, 5.74) is 0.946. The standard InChI is InChI=1S/C16H18N2O4/c1-22-14(19)10-18-12-7-3-2-6-11(12)15(20)17-9-5-4-8-13(17)16(18)21/h2-3,6-7,13H,4-5,8-10H2,1H3/t13-/m0/s1. The second kappa shape index (κ2) is 5.79. The predicted molar refractivity (Wildman–Crippen MR) is 79.5 cm³/mol. The number of piperidine rings is 1.